The van der Waals surface area contributed by atoms with E-state index in [4.69, 9.17) is 4.74 Å². The van der Waals surface area contributed by atoms with E-state index < -0.39 is 0 Å². The second kappa shape index (κ2) is 7.66. The van der Waals surface area contributed by atoms with Crippen molar-refractivity contribution in [1.82, 2.24) is 5.32 Å². The van der Waals surface area contributed by atoms with Crippen molar-refractivity contribution in [3.05, 3.63) is 35.9 Å². The second-order valence-electron chi connectivity index (χ2n) is 5.72. The molecule has 0 radical (unpaired) electrons. The van der Waals surface area contributed by atoms with E-state index in [0.29, 0.717) is 18.1 Å². The van der Waals surface area contributed by atoms with Crippen molar-refractivity contribution in [2.24, 2.45) is 0 Å². The average molecular weight is 261 g/mol. The summed E-state index contributed by atoms with van der Waals surface area (Å²) in [5.74, 6) is 0.577. The van der Waals surface area contributed by atoms with E-state index in [-0.39, 0.29) is 0 Å². The first kappa shape index (κ1) is 14.5. The number of ether oxygens (including phenoxy) is 1. The van der Waals surface area contributed by atoms with Crippen LogP contribution >= 0.6 is 0 Å². The van der Waals surface area contributed by atoms with E-state index in [0.717, 1.165) is 19.6 Å². The molecule has 0 bridgehead atoms. The Balaban J connectivity index is 1.75. The molecule has 0 aromatic heterocycles. The normalized spacial score (nSPS) is 25.2. The van der Waals surface area contributed by atoms with Crippen LogP contribution in [0.4, 0.5) is 0 Å². The number of hydrogen-bond donors (Lipinski definition) is 1. The van der Waals surface area contributed by atoms with Crippen LogP contribution in [0, 0.1) is 0 Å². The zero-order valence-electron chi connectivity index (χ0n) is 12.3. The largest absolute Gasteiger partial charge is 0.378 e. The van der Waals surface area contributed by atoms with Crippen molar-refractivity contribution >= 4 is 0 Å². The molecule has 19 heavy (non-hydrogen) atoms. The van der Waals surface area contributed by atoms with Gasteiger partial charge in [0.05, 0.1) is 6.10 Å². The summed E-state index contributed by atoms with van der Waals surface area (Å²) in [5.41, 5.74) is 1.42. The molecule has 0 aliphatic carbocycles. The monoisotopic (exact) mass is 261 g/mol. The van der Waals surface area contributed by atoms with Crippen molar-refractivity contribution in [3.63, 3.8) is 0 Å². The molecule has 1 aliphatic rings. The van der Waals surface area contributed by atoms with Crippen LogP contribution in [0.5, 0.6) is 0 Å². The fourth-order valence-electron chi connectivity index (χ4n) is 2.83. The molecule has 0 amide bonds. The Morgan fingerprint density at radius 2 is 2.11 bits per heavy atom. The highest BCUT2D eigenvalue weighted by molar-refractivity contribution is 5.19. The van der Waals surface area contributed by atoms with Gasteiger partial charge >= 0.3 is 0 Å². The van der Waals surface area contributed by atoms with Crippen molar-refractivity contribution in [2.75, 3.05) is 13.2 Å². The number of benzene rings is 1. The van der Waals surface area contributed by atoms with Crippen molar-refractivity contribution in [3.8, 4) is 0 Å². The third-order valence-corrected chi connectivity index (χ3v) is 4.06. The van der Waals surface area contributed by atoms with Crippen molar-refractivity contribution < 1.29 is 4.74 Å². The lowest BCUT2D eigenvalue weighted by molar-refractivity contribution is -0.00324. The molecule has 1 fully saturated rings. The van der Waals surface area contributed by atoms with Crippen LogP contribution in [0.2, 0.25) is 0 Å². The smallest absolute Gasteiger partial charge is 0.0589 e. The van der Waals surface area contributed by atoms with Gasteiger partial charge in [-0.2, -0.15) is 0 Å². The Hall–Kier alpha value is -0.860. The predicted molar refractivity (Wildman–Crippen MR) is 80.5 cm³/mol. The summed E-state index contributed by atoms with van der Waals surface area (Å²) in [5, 5.41) is 3.73. The van der Waals surface area contributed by atoms with Gasteiger partial charge in [0.15, 0.2) is 0 Å². The molecule has 1 saturated heterocycles. The fraction of sp³-hybridized carbons (Fsp3) is 0.647. The Bertz CT molecular complexity index is 350. The minimum Gasteiger partial charge on any atom is -0.378 e. The molecule has 1 heterocycles. The van der Waals surface area contributed by atoms with Crippen LogP contribution in [-0.4, -0.2) is 25.3 Å². The van der Waals surface area contributed by atoms with E-state index in [1.807, 2.05) is 0 Å². The summed E-state index contributed by atoms with van der Waals surface area (Å²) < 4.78 is 5.80. The highest BCUT2D eigenvalue weighted by atomic mass is 16.5. The first-order chi connectivity index (χ1) is 9.29. The Kier molecular flexibility index (Phi) is 5.87. The molecule has 1 aliphatic heterocycles. The summed E-state index contributed by atoms with van der Waals surface area (Å²) in [6, 6.07) is 11.4. The SMILES string of the molecule is CCCC1CC(NCC(C)c2ccccc2)CCO1. The molecule has 2 nitrogen and oxygen atoms in total. The minimum atomic E-state index is 0.475. The van der Waals surface area contributed by atoms with Crippen molar-refractivity contribution in [1.29, 1.82) is 0 Å². The molecule has 3 atom stereocenters. The van der Waals surface area contributed by atoms with Gasteiger partial charge < -0.3 is 10.1 Å². The van der Waals surface area contributed by atoms with E-state index in [1.165, 1.54) is 24.8 Å². The standard InChI is InChI=1S/C17H27NO/c1-3-7-17-12-16(10-11-19-17)18-13-14(2)15-8-5-4-6-9-15/h4-6,8-9,14,16-18H,3,7,10-13H2,1-2H3. The van der Waals surface area contributed by atoms with E-state index >= 15 is 0 Å². The maximum Gasteiger partial charge on any atom is 0.0589 e. The Morgan fingerprint density at radius 3 is 2.84 bits per heavy atom. The van der Waals surface area contributed by atoms with Gasteiger partial charge in [-0.3, -0.25) is 0 Å². The van der Waals surface area contributed by atoms with Crippen LogP contribution in [0.15, 0.2) is 30.3 Å². The fourth-order valence-corrected chi connectivity index (χ4v) is 2.83. The highest BCUT2D eigenvalue weighted by Gasteiger charge is 2.21. The molecule has 2 rings (SSSR count). The number of rotatable bonds is 6. The van der Waals surface area contributed by atoms with Crippen LogP contribution in [0.1, 0.15) is 51.0 Å². The zero-order chi connectivity index (χ0) is 13.5. The van der Waals surface area contributed by atoms with Gasteiger partial charge in [0.2, 0.25) is 0 Å². The van der Waals surface area contributed by atoms with Crippen LogP contribution in [0.3, 0.4) is 0 Å². The minimum absolute atomic E-state index is 0.475. The molecule has 2 heteroatoms. The lowest BCUT2D eigenvalue weighted by atomic mass is 9.97. The third kappa shape index (κ3) is 4.63. The number of hydrogen-bond acceptors (Lipinski definition) is 2. The average Bonchev–Trinajstić information content (AvgIpc) is 2.46. The van der Waals surface area contributed by atoms with Crippen molar-refractivity contribution in [2.45, 2.75) is 57.6 Å². The van der Waals surface area contributed by atoms with Gasteiger partial charge in [-0.1, -0.05) is 50.6 Å². The molecular formula is C17H27NO. The van der Waals surface area contributed by atoms with Gasteiger partial charge in [-0.25, -0.2) is 0 Å². The Morgan fingerprint density at radius 1 is 1.32 bits per heavy atom. The lowest BCUT2D eigenvalue weighted by Crippen LogP contribution is -2.40. The van der Waals surface area contributed by atoms with Gasteiger partial charge in [0.1, 0.15) is 0 Å². The molecule has 0 saturated carbocycles. The third-order valence-electron chi connectivity index (χ3n) is 4.06. The highest BCUT2D eigenvalue weighted by Crippen LogP contribution is 2.19. The molecule has 3 unspecified atom stereocenters. The molecule has 1 aromatic rings. The van der Waals surface area contributed by atoms with Gasteiger partial charge in [0.25, 0.3) is 0 Å². The summed E-state index contributed by atoms with van der Waals surface area (Å²) in [7, 11) is 0. The van der Waals surface area contributed by atoms with Gasteiger partial charge in [-0.15, -0.1) is 0 Å². The van der Waals surface area contributed by atoms with Gasteiger partial charge in [0, 0.05) is 19.2 Å². The quantitative estimate of drug-likeness (QED) is 0.842. The molecule has 1 N–H and O–H groups in total. The topological polar surface area (TPSA) is 21.3 Å². The molecule has 1 aromatic carbocycles. The zero-order valence-corrected chi connectivity index (χ0v) is 12.3. The lowest BCUT2D eigenvalue weighted by Gasteiger charge is -2.31. The molecular weight excluding hydrogens is 234 g/mol. The van der Waals surface area contributed by atoms with Gasteiger partial charge in [-0.05, 0) is 30.7 Å². The van der Waals surface area contributed by atoms with E-state index in [9.17, 15) is 0 Å². The first-order valence-electron chi connectivity index (χ1n) is 7.69. The number of nitrogens with one attached hydrogen (secondary N) is 1. The molecule has 106 valence electrons. The first-order valence-corrected chi connectivity index (χ1v) is 7.69. The van der Waals surface area contributed by atoms with E-state index in [1.54, 1.807) is 0 Å². The summed E-state index contributed by atoms with van der Waals surface area (Å²) in [6.45, 7) is 6.51. The maximum atomic E-state index is 5.80. The van der Waals surface area contributed by atoms with E-state index in [2.05, 4.69) is 49.5 Å². The molecule has 0 spiro atoms. The Labute approximate surface area is 117 Å². The summed E-state index contributed by atoms with van der Waals surface area (Å²) in [4.78, 5) is 0. The van der Waals surface area contributed by atoms with Crippen LogP contribution in [-0.2, 0) is 4.74 Å². The van der Waals surface area contributed by atoms with Crippen LogP contribution < -0.4 is 5.32 Å². The second-order valence-corrected chi connectivity index (χ2v) is 5.72. The summed E-state index contributed by atoms with van der Waals surface area (Å²) >= 11 is 0. The van der Waals surface area contributed by atoms with Crippen LogP contribution in [0.25, 0.3) is 0 Å². The predicted octanol–water partition coefficient (Wildman–Crippen LogP) is 3.73. The summed E-state index contributed by atoms with van der Waals surface area (Å²) in [6.07, 6.45) is 5.23. The maximum absolute atomic E-state index is 5.80.